The lowest BCUT2D eigenvalue weighted by Gasteiger charge is -2.31. The molecule has 1 atom stereocenters. The lowest BCUT2D eigenvalue weighted by Crippen LogP contribution is -2.41. The van der Waals surface area contributed by atoms with E-state index < -0.39 is 10.0 Å². The summed E-state index contributed by atoms with van der Waals surface area (Å²) in [5.41, 5.74) is 1.90. The Kier molecular flexibility index (Phi) is 6.11. The molecule has 8 nitrogen and oxygen atoms in total. The number of nitrogens with zero attached hydrogens (tertiary/aromatic N) is 4. The quantitative estimate of drug-likeness (QED) is 0.750. The molecule has 0 unspecified atom stereocenters. The Labute approximate surface area is 160 Å². The standard InChI is InChI=1S/C18H28N6O2S/c1-4-8-27(25,26)24-7-5-6-15(12-24)10-16-11-17(20-14(3)19-16)21-18-9-13(2)22-23-18/h9,11,15H,4-8,10,12H2,1-3H3,(H2,19,20,21,22,23)/t15-/m0/s1. The highest BCUT2D eigenvalue weighted by Gasteiger charge is 2.28. The monoisotopic (exact) mass is 392 g/mol. The SMILES string of the molecule is CCCS(=O)(=O)N1CCC[C@@H](Cc2cc(Nc3cc(C)[nH]n3)nc(C)n2)C1. The van der Waals surface area contributed by atoms with Gasteiger partial charge in [0.2, 0.25) is 10.0 Å². The van der Waals surface area contributed by atoms with E-state index in [2.05, 4.69) is 25.5 Å². The Hall–Kier alpha value is -2.00. The van der Waals surface area contributed by atoms with E-state index in [1.54, 1.807) is 4.31 Å². The molecule has 1 fully saturated rings. The summed E-state index contributed by atoms with van der Waals surface area (Å²) in [6, 6.07) is 3.84. The number of anilines is 2. The van der Waals surface area contributed by atoms with Gasteiger partial charge in [-0.15, -0.1) is 0 Å². The third-order valence-corrected chi connectivity index (χ3v) is 6.73. The van der Waals surface area contributed by atoms with E-state index in [1.165, 1.54) is 0 Å². The maximum atomic E-state index is 12.4. The molecular weight excluding hydrogens is 364 g/mol. The molecule has 2 aromatic rings. The van der Waals surface area contributed by atoms with Crippen molar-refractivity contribution in [3.05, 3.63) is 29.3 Å². The van der Waals surface area contributed by atoms with E-state index in [0.29, 0.717) is 37.0 Å². The Bertz CT molecular complexity index is 880. The normalized spacial score (nSPS) is 18.6. The molecule has 2 aromatic heterocycles. The Morgan fingerprint density at radius 1 is 1.26 bits per heavy atom. The van der Waals surface area contributed by atoms with Crippen molar-refractivity contribution in [2.75, 3.05) is 24.2 Å². The molecule has 0 spiro atoms. The predicted molar refractivity (Wildman–Crippen MR) is 105 cm³/mol. The van der Waals surface area contributed by atoms with E-state index in [4.69, 9.17) is 0 Å². The summed E-state index contributed by atoms with van der Waals surface area (Å²) >= 11 is 0. The van der Waals surface area contributed by atoms with Crippen LogP contribution in [0.15, 0.2) is 12.1 Å². The van der Waals surface area contributed by atoms with Crippen molar-refractivity contribution in [2.45, 2.75) is 46.5 Å². The molecule has 2 N–H and O–H groups in total. The smallest absolute Gasteiger partial charge is 0.214 e. The second-order valence-corrected chi connectivity index (χ2v) is 9.33. The average Bonchev–Trinajstić information content (AvgIpc) is 2.99. The number of rotatable bonds is 7. The molecule has 1 aliphatic heterocycles. The third-order valence-electron chi connectivity index (χ3n) is 4.69. The number of aryl methyl sites for hydroxylation is 2. The Balaban J connectivity index is 1.69. The summed E-state index contributed by atoms with van der Waals surface area (Å²) in [4.78, 5) is 8.98. The molecule has 0 bridgehead atoms. The van der Waals surface area contributed by atoms with Crippen molar-refractivity contribution in [2.24, 2.45) is 5.92 Å². The zero-order valence-corrected chi connectivity index (χ0v) is 17.0. The lowest BCUT2D eigenvalue weighted by molar-refractivity contribution is 0.264. The van der Waals surface area contributed by atoms with Crippen molar-refractivity contribution in [3.8, 4) is 0 Å². The third kappa shape index (κ3) is 5.26. The molecular formula is C18H28N6O2S. The zero-order chi connectivity index (χ0) is 19.4. The molecule has 1 aliphatic rings. The van der Waals surface area contributed by atoms with Gasteiger partial charge in [-0.25, -0.2) is 22.7 Å². The lowest BCUT2D eigenvalue weighted by atomic mass is 9.94. The van der Waals surface area contributed by atoms with Crippen LogP contribution in [0.3, 0.4) is 0 Å². The first-order valence-electron chi connectivity index (χ1n) is 9.47. The van der Waals surface area contributed by atoms with Gasteiger partial charge in [-0.05, 0) is 45.4 Å². The fourth-order valence-electron chi connectivity index (χ4n) is 3.54. The van der Waals surface area contributed by atoms with Gasteiger partial charge in [-0.1, -0.05) is 6.92 Å². The molecule has 3 rings (SSSR count). The fourth-order valence-corrected chi connectivity index (χ4v) is 5.16. The largest absolute Gasteiger partial charge is 0.323 e. The van der Waals surface area contributed by atoms with Crippen LogP contribution in [0, 0.1) is 19.8 Å². The molecule has 148 valence electrons. The van der Waals surface area contributed by atoms with E-state index in [0.717, 1.165) is 30.7 Å². The van der Waals surface area contributed by atoms with Crippen LogP contribution in [0.2, 0.25) is 0 Å². The minimum absolute atomic E-state index is 0.226. The van der Waals surface area contributed by atoms with Crippen LogP contribution >= 0.6 is 0 Å². The van der Waals surface area contributed by atoms with Gasteiger partial charge in [0, 0.05) is 36.6 Å². The molecule has 3 heterocycles. The summed E-state index contributed by atoms with van der Waals surface area (Å²) in [6.07, 6.45) is 3.31. The highest BCUT2D eigenvalue weighted by atomic mass is 32.2. The molecule has 0 aliphatic carbocycles. The maximum absolute atomic E-state index is 12.4. The van der Waals surface area contributed by atoms with Gasteiger partial charge in [0.05, 0.1) is 5.75 Å². The molecule has 0 saturated carbocycles. The Morgan fingerprint density at radius 3 is 2.78 bits per heavy atom. The first-order valence-corrected chi connectivity index (χ1v) is 11.1. The number of nitrogens with one attached hydrogen (secondary N) is 2. The number of aromatic nitrogens is 4. The van der Waals surface area contributed by atoms with Crippen molar-refractivity contribution < 1.29 is 8.42 Å². The summed E-state index contributed by atoms with van der Waals surface area (Å²) in [6.45, 7) is 6.91. The van der Waals surface area contributed by atoms with Crippen LogP contribution in [0.25, 0.3) is 0 Å². The molecule has 0 amide bonds. The summed E-state index contributed by atoms with van der Waals surface area (Å²) < 4.78 is 26.4. The zero-order valence-electron chi connectivity index (χ0n) is 16.2. The van der Waals surface area contributed by atoms with E-state index >= 15 is 0 Å². The minimum Gasteiger partial charge on any atom is -0.323 e. The van der Waals surface area contributed by atoms with Gasteiger partial charge < -0.3 is 5.32 Å². The van der Waals surface area contributed by atoms with Crippen molar-refractivity contribution in [3.63, 3.8) is 0 Å². The minimum atomic E-state index is -3.14. The van der Waals surface area contributed by atoms with Gasteiger partial charge in [-0.3, -0.25) is 5.10 Å². The highest BCUT2D eigenvalue weighted by molar-refractivity contribution is 7.89. The summed E-state index contributed by atoms with van der Waals surface area (Å²) in [7, 11) is -3.14. The number of aromatic amines is 1. The average molecular weight is 393 g/mol. The van der Waals surface area contributed by atoms with Gasteiger partial charge in [0.1, 0.15) is 11.6 Å². The first-order chi connectivity index (χ1) is 12.9. The second-order valence-electron chi connectivity index (χ2n) is 7.24. The van der Waals surface area contributed by atoms with Gasteiger partial charge in [0.25, 0.3) is 0 Å². The number of hydrogen-bond donors (Lipinski definition) is 2. The Morgan fingerprint density at radius 2 is 2.07 bits per heavy atom. The number of H-pyrrole nitrogens is 1. The second kappa shape index (κ2) is 8.35. The van der Waals surface area contributed by atoms with Crippen LogP contribution in [0.1, 0.15) is 43.4 Å². The molecule has 27 heavy (non-hydrogen) atoms. The molecule has 0 radical (unpaired) electrons. The molecule has 1 saturated heterocycles. The number of piperidine rings is 1. The van der Waals surface area contributed by atoms with Crippen LogP contribution in [-0.4, -0.2) is 51.7 Å². The number of sulfonamides is 1. The van der Waals surface area contributed by atoms with Gasteiger partial charge in [0.15, 0.2) is 5.82 Å². The molecule has 0 aromatic carbocycles. The van der Waals surface area contributed by atoms with E-state index in [1.807, 2.05) is 32.9 Å². The van der Waals surface area contributed by atoms with E-state index in [9.17, 15) is 8.42 Å². The van der Waals surface area contributed by atoms with Crippen LogP contribution in [0.5, 0.6) is 0 Å². The van der Waals surface area contributed by atoms with Crippen molar-refractivity contribution in [1.29, 1.82) is 0 Å². The van der Waals surface area contributed by atoms with Crippen molar-refractivity contribution >= 4 is 21.7 Å². The highest BCUT2D eigenvalue weighted by Crippen LogP contribution is 2.24. The van der Waals surface area contributed by atoms with Gasteiger partial charge >= 0.3 is 0 Å². The maximum Gasteiger partial charge on any atom is 0.214 e. The number of hydrogen-bond acceptors (Lipinski definition) is 6. The van der Waals surface area contributed by atoms with Crippen LogP contribution in [-0.2, 0) is 16.4 Å². The van der Waals surface area contributed by atoms with Crippen LogP contribution < -0.4 is 5.32 Å². The van der Waals surface area contributed by atoms with Gasteiger partial charge in [-0.2, -0.15) is 5.10 Å². The fraction of sp³-hybridized carbons (Fsp3) is 0.611. The summed E-state index contributed by atoms with van der Waals surface area (Å²) in [5.74, 6) is 2.61. The topological polar surface area (TPSA) is 104 Å². The van der Waals surface area contributed by atoms with Crippen molar-refractivity contribution in [1.82, 2.24) is 24.5 Å². The predicted octanol–water partition coefficient (Wildman–Crippen LogP) is 2.55. The first kappa shape index (κ1) is 19.8. The summed E-state index contributed by atoms with van der Waals surface area (Å²) in [5, 5.41) is 10.3. The van der Waals surface area contributed by atoms with E-state index in [-0.39, 0.29) is 11.7 Å². The molecule has 9 heteroatoms. The van der Waals surface area contributed by atoms with Crippen LogP contribution in [0.4, 0.5) is 11.6 Å².